The number of methoxy groups -OCH3 is 1. The Morgan fingerprint density at radius 2 is 1.93 bits per heavy atom. The lowest BCUT2D eigenvalue weighted by atomic mass is 10.0. The third-order valence-corrected chi connectivity index (χ3v) is 4.74. The molecule has 1 aromatic carbocycles. The first-order valence-corrected chi connectivity index (χ1v) is 9.98. The molecular formula is C21H31N3O5. The van der Waals surface area contributed by atoms with Gasteiger partial charge in [-0.2, -0.15) is 0 Å². The third-order valence-electron chi connectivity index (χ3n) is 4.74. The van der Waals surface area contributed by atoms with Crippen LogP contribution in [0.5, 0.6) is 0 Å². The van der Waals surface area contributed by atoms with E-state index in [1.54, 1.807) is 4.90 Å². The molecule has 29 heavy (non-hydrogen) atoms. The number of nitrogens with one attached hydrogen (secondary N) is 2. The molecule has 1 aliphatic rings. The monoisotopic (exact) mass is 405 g/mol. The molecule has 2 N–H and O–H groups in total. The maximum Gasteiger partial charge on any atom is 0.411 e. The largest absolute Gasteiger partial charge is 0.468 e. The molecule has 1 unspecified atom stereocenters. The van der Waals surface area contributed by atoms with E-state index in [9.17, 15) is 14.4 Å². The van der Waals surface area contributed by atoms with Crippen LogP contribution >= 0.6 is 0 Å². The van der Waals surface area contributed by atoms with Gasteiger partial charge in [-0.15, -0.1) is 0 Å². The molecule has 1 heterocycles. The van der Waals surface area contributed by atoms with E-state index in [1.165, 1.54) is 7.11 Å². The minimum Gasteiger partial charge on any atom is -0.468 e. The number of ether oxygens (including phenoxy) is 2. The Bertz CT molecular complexity index is 680. The second-order valence-electron chi connectivity index (χ2n) is 7.53. The van der Waals surface area contributed by atoms with Gasteiger partial charge in [0.05, 0.1) is 19.3 Å². The SMILES string of the molecule is COC(=O)CNC(=O)[C@H](CC(C)C)NC1CCCN1C(=O)OCc1ccccc1. The zero-order valence-corrected chi connectivity index (χ0v) is 17.3. The van der Waals surface area contributed by atoms with Gasteiger partial charge in [0.25, 0.3) is 0 Å². The topological polar surface area (TPSA) is 97.0 Å². The van der Waals surface area contributed by atoms with Crippen LogP contribution in [0.3, 0.4) is 0 Å². The van der Waals surface area contributed by atoms with Gasteiger partial charge in [-0.05, 0) is 30.7 Å². The first kappa shape index (κ1) is 22.7. The summed E-state index contributed by atoms with van der Waals surface area (Å²) in [5, 5.41) is 5.87. The van der Waals surface area contributed by atoms with E-state index >= 15 is 0 Å². The maximum atomic E-state index is 12.6. The minimum atomic E-state index is -0.521. The number of esters is 1. The summed E-state index contributed by atoms with van der Waals surface area (Å²) in [6.07, 6.45) is 1.46. The summed E-state index contributed by atoms with van der Waals surface area (Å²) in [6.45, 7) is 4.63. The molecule has 160 valence electrons. The van der Waals surface area contributed by atoms with Crippen molar-refractivity contribution in [3.8, 4) is 0 Å². The van der Waals surface area contributed by atoms with E-state index in [-0.39, 0.29) is 31.1 Å². The Morgan fingerprint density at radius 1 is 1.21 bits per heavy atom. The zero-order chi connectivity index (χ0) is 21.2. The second kappa shape index (κ2) is 11.4. The van der Waals surface area contributed by atoms with Gasteiger partial charge in [0.1, 0.15) is 13.2 Å². The van der Waals surface area contributed by atoms with E-state index in [0.29, 0.717) is 13.0 Å². The lowest BCUT2D eigenvalue weighted by Gasteiger charge is -2.29. The number of hydrogen-bond acceptors (Lipinski definition) is 6. The molecule has 0 aliphatic carbocycles. The molecule has 8 heteroatoms. The van der Waals surface area contributed by atoms with Gasteiger partial charge >= 0.3 is 12.1 Å². The van der Waals surface area contributed by atoms with E-state index < -0.39 is 18.1 Å². The van der Waals surface area contributed by atoms with Gasteiger partial charge in [0.2, 0.25) is 5.91 Å². The van der Waals surface area contributed by atoms with Crippen LogP contribution in [0.1, 0.15) is 38.7 Å². The number of likely N-dealkylation sites (tertiary alicyclic amines) is 1. The fourth-order valence-electron chi connectivity index (χ4n) is 3.27. The van der Waals surface area contributed by atoms with Gasteiger partial charge < -0.3 is 14.8 Å². The van der Waals surface area contributed by atoms with Crippen LogP contribution in [0, 0.1) is 5.92 Å². The molecule has 1 aromatic rings. The van der Waals surface area contributed by atoms with E-state index in [4.69, 9.17) is 4.74 Å². The molecule has 1 fully saturated rings. The van der Waals surface area contributed by atoms with E-state index in [1.807, 2.05) is 44.2 Å². The highest BCUT2D eigenvalue weighted by atomic mass is 16.6. The van der Waals surface area contributed by atoms with Crippen molar-refractivity contribution in [2.75, 3.05) is 20.2 Å². The molecule has 0 saturated carbocycles. The van der Waals surface area contributed by atoms with Gasteiger partial charge in [-0.3, -0.25) is 19.8 Å². The normalized spacial score (nSPS) is 17.1. The number of carbonyl (C=O) groups excluding carboxylic acids is 3. The molecule has 0 aromatic heterocycles. The number of rotatable bonds is 9. The Kier molecular flexibility index (Phi) is 8.92. The van der Waals surface area contributed by atoms with Gasteiger partial charge in [0, 0.05) is 6.54 Å². The van der Waals surface area contributed by atoms with E-state index in [2.05, 4.69) is 15.4 Å². The fourth-order valence-corrected chi connectivity index (χ4v) is 3.27. The molecule has 0 bridgehead atoms. The maximum absolute atomic E-state index is 12.6. The Balaban J connectivity index is 1.94. The highest BCUT2D eigenvalue weighted by Gasteiger charge is 2.33. The second-order valence-corrected chi connectivity index (χ2v) is 7.53. The van der Waals surface area contributed by atoms with Crippen molar-refractivity contribution in [1.29, 1.82) is 0 Å². The quantitative estimate of drug-likeness (QED) is 0.610. The molecule has 8 nitrogen and oxygen atoms in total. The molecule has 0 radical (unpaired) electrons. The first-order chi connectivity index (χ1) is 13.9. The highest BCUT2D eigenvalue weighted by molar-refractivity contribution is 5.85. The van der Waals surface area contributed by atoms with Crippen molar-refractivity contribution >= 4 is 18.0 Å². The average molecular weight is 405 g/mol. The Labute approximate surface area is 171 Å². The molecule has 2 atom stereocenters. The van der Waals surface area contributed by atoms with Crippen molar-refractivity contribution in [1.82, 2.24) is 15.5 Å². The summed E-state index contributed by atoms with van der Waals surface area (Å²) in [4.78, 5) is 38.1. The van der Waals surface area contributed by atoms with Crippen LogP contribution in [0.2, 0.25) is 0 Å². The number of nitrogens with zero attached hydrogens (tertiary/aromatic N) is 1. The summed E-state index contributed by atoms with van der Waals surface area (Å²) < 4.78 is 10.0. The minimum absolute atomic E-state index is 0.181. The van der Waals surface area contributed by atoms with Crippen molar-refractivity contribution < 1.29 is 23.9 Å². The summed E-state index contributed by atoms with van der Waals surface area (Å²) >= 11 is 0. The van der Waals surface area contributed by atoms with Crippen molar-refractivity contribution in [3.05, 3.63) is 35.9 Å². The summed E-state index contributed by atoms with van der Waals surface area (Å²) in [5.74, 6) is -0.529. The van der Waals surface area contributed by atoms with E-state index in [0.717, 1.165) is 18.4 Å². The smallest absolute Gasteiger partial charge is 0.411 e. The number of amides is 2. The first-order valence-electron chi connectivity index (χ1n) is 9.98. The summed E-state index contributed by atoms with van der Waals surface area (Å²) in [6, 6.07) is 8.98. The standard InChI is InChI=1S/C21H31N3O5/c1-15(2)12-17(20(26)22-13-19(25)28-3)23-18-10-7-11-24(18)21(27)29-14-16-8-5-4-6-9-16/h4-6,8-9,15,17-18,23H,7,10-14H2,1-3H3,(H,22,26)/t17-,18?/m0/s1. The molecule has 0 spiro atoms. The molecular weight excluding hydrogens is 374 g/mol. The van der Waals surface area contributed by atoms with Gasteiger partial charge in [-0.25, -0.2) is 4.79 Å². The summed E-state index contributed by atoms with van der Waals surface area (Å²) in [5.41, 5.74) is 0.921. The molecule has 1 saturated heterocycles. The van der Waals surface area contributed by atoms with Crippen LogP contribution in [0.25, 0.3) is 0 Å². The van der Waals surface area contributed by atoms with Gasteiger partial charge in [-0.1, -0.05) is 44.2 Å². The summed E-state index contributed by atoms with van der Waals surface area (Å²) in [7, 11) is 1.27. The van der Waals surface area contributed by atoms with Crippen molar-refractivity contribution in [2.24, 2.45) is 5.92 Å². The number of carbonyl (C=O) groups is 3. The predicted octanol–water partition coefficient (Wildman–Crippen LogP) is 2.04. The van der Waals surface area contributed by atoms with Gasteiger partial charge in [0.15, 0.2) is 0 Å². The fraction of sp³-hybridized carbons (Fsp3) is 0.571. The van der Waals surface area contributed by atoms with Crippen LogP contribution in [-0.2, 0) is 25.7 Å². The Hall–Kier alpha value is -2.61. The van der Waals surface area contributed by atoms with Crippen molar-refractivity contribution in [2.45, 2.75) is 51.9 Å². The third kappa shape index (κ3) is 7.38. The van der Waals surface area contributed by atoms with Crippen LogP contribution in [-0.4, -0.2) is 55.3 Å². The highest BCUT2D eigenvalue weighted by Crippen LogP contribution is 2.19. The average Bonchev–Trinajstić information content (AvgIpc) is 3.18. The predicted molar refractivity (Wildman–Crippen MR) is 108 cm³/mol. The number of benzene rings is 1. The Morgan fingerprint density at radius 3 is 2.59 bits per heavy atom. The van der Waals surface area contributed by atoms with Crippen molar-refractivity contribution in [3.63, 3.8) is 0 Å². The lowest BCUT2D eigenvalue weighted by Crippen LogP contribution is -2.54. The lowest BCUT2D eigenvalue weighted by molar-refractivity contribution is -0.141. The molecule has 2 rings (SSSR count). The molecule has 1 aliphatic heterocycles. The molecule has 2 amide bonds. The van der Waals surface area contributed by atoms with Crippen LogP contribution < -0.4 is 10.6 Å². The van der Waals surface area contributed by atoms with Crippen LogP contribution in [0.15, 0.2) is 30.3 Å². The zero-order valence-electron chi connectivity index (χ0n) is 17.3. The number of hydrogen-bond donors (Lipinski definition) is 2. The van der Waals surface area contributed by atoms with Crippen LogP contribution in [0.4, 0.5) is 4.79 Å².